The van der Waals surface area contributed by atoms with Gasteiger partial charge in [-0.2, -0.15) is 0 Å². The standard InChI is InChI=1S/C15H15ClO/c1-2-12-7-4-6-10-15(12)17-11-13-8-3-5-9-14(13)16/h3-10H,2,11H2,1H3. The quantitative estimate of drug-likeness (QED) is 0.773. The van der Waals surface area contributed by atoms with E-state index in [9.17, 15) is 0 Å². The molecule has 0 heterocycles. The summed E-state index contributed by atoms with van der Waals surface area (Å²) in [5.41, 5.74) is 2.24. The molecule has 0 aromatic heterocycles. The summed E-state index contributed by atoms with van der Waals surface area (Å²) in [6, 6.07) is 15.9. The molecular weight excluding hydrogens is 232 g/mol. The van der Waals surface area contributed by atoms with E-state index in [-0.39, 0.29) is 0 Å². The Kier molecular flexibility index (Phi) is 4.05. The second kappa shape index (κ2) is 5.74. The van der Waals surface area contributed by atoms with Gasteiger partial charge in [0.15, 0.2) is 0 Å². The van der Waals surface area contributed by atoms with Gasteiger partial charge in [0.05, 0.1) is 0 Å². The third-order valence-electron chi connectivity index (χ3n) is 2.69. The summed E-state index contributed by atoms with van der Waals surface area (Å²) >= 11 is 6.08. The van der Waals surface area contributed by atoms with Gasteiger partial charge in [-0.3, -0.25) is 0 Å². The van der Waals surface area contributed by atoms with Gasteiger partial charge in [-0.1, -0.05) is 54.9 Å². The van der Waals surface area contributed by atoms with Gasteiger partial charge in [0.25, 0.3) is 0 Å². The molecule has 2 aromatic carbocycles. The van der Waals surface area contributed by atoms with Crippen molar-refractivity contribution >= 4 is 11.6 Å². The molecule has 2 aromatic rings. The van der Waals surface area contributed by atoms with Gasteiger partial charge in [0, 0.05) is 10.6 Å². The second-order valence-corrected chi connectivity index (χ2v) is 4.25. The zero-order chi connectivity index (χ0) is 12.1. The molecule has 1 nitrogen and oxygen atoms in total. The Bertz CT molecular complexity index is 494. The molecule has 0 saturated heterocycles. The summed E-state index contributed by atoms with van der Waals surface area (Å²) in [4.78, 5) is 0. The molecule has 0 aliphatic carbocycles. The number of aryl methyl sites for hydroxylation is 1. The van der Waals surface area contributed by atoms with Crippen molar-refractivity contribution in [2.45, 2.75) is 20.0 Å². The Hall–Kier alpha value is -1.47. The van der Waals surface area contributed by atoms with Gasteiger partial charge in [0.1, 0.15) is 12.4 Å². The first-order chi connectivity index (χ1) is 8.31. The Morgan fingerprint density at radius 1 is 0.941 bits per heavy atom. The highest BCUT2D eigenvalue weighted by Gasteiger charge is 2.03. The number of rotatable bonds is 4. The average Bonchev–Trinajstić information content (AvgIpc) is 2.38. The van der Waals surface area contributed by atoms with Crippen molar-refractivity contribution in [1.82, 2.24) is 0 Å². The normalized spacial score (nSPS) is 10.2. The lowest BCUT2D eigenvalue weighted by Crippen LogP contribution is -1.98. The third-order valence-corrected chi connectivity index (χ3v) is 3.06. The summed E-state index contributed by atoms with van der Waals surface area (Å²) < 4.78 is 5.81. The molecule has 0 aliphatic rings. The van der Waals surface area contributed by atoms with Crippen LogP contribution in [0.1, 0.15) is 18.1 Å². The molecule has 0 fully saturated rings. The summed E-state index contributed by atoms with van der Waals surface area (Å²) in [6.45, 7) is 2.63. The number of benzene rings is 2. The third kappa shape index (κ3) is 3.01. The van der Waals surface area contributed by atoms with E-state index < -0.39 is 0 Å². The molecule has 0 saturated carbocycles. The van der Waals surface area contributed by atoms with Crippen LogP contribution in [-0.2, 0) is 13.0 Å². The van der Waals surface area contributed by atoms with Crippen molar-refractivity contribution in [3.05, 3.63) is 64.7 Å². The minimum absolute atomic E-state index is 0.511. The van der Waals surface area contributed by atoms with Crippen LogP contribution >= 0.6 is 11.6 Å². The first-order valence-corrected chi connectivity index (χ1v) is 6.13. The molecule has 0 spiro atoms. The van der Waals surface area contributed by atoms with Crippen LogP contribution in [0.4, 0.5) is 0 Å². The molecule has 0 radical (unpaired) electrons. The van der Waals surface area contributed by atoms with Crippen molar-refractivity contribution in [2.75, 3.05) is 0 Å². The minimum atomic E-state index is 0.511. The molecule has 0 atom stereocenters. The van der Waals surface area contributed by atoms with Gasteiger partial charge < -0.3 is 4.74 Å². The zero-order valence-electron chi connectivity index (χ0n) is 9.82. The maximum absolute atomic E-state index is 6.08. The van der Waals surface area contributed by atoms with Crippen LogP contribution in [0.25, 0.3) is 0 Å². The zero-order valence-corrected chi connectivity index (χ0v) is 10.6. The minimum Gasteiger partial charge on any atom is -0.489 e. The smallest absolute Gasteiger partial charge is 0.122 e. The van der Waals surface area contributed by atoms with E-state index in [4.69, 9.17) is 16.3 Å². The Morgan fingerprint density at radius 3 is 2.29 bits per heavy atom. The highest BCUT2D eigenvalue weighted by atomic mass is 35.5. The number of para-hydroxylation sites is 1. The molecular formula is C15H15ClO. The fourth-order valence-corrected chi connectivity index (χ4v) is 1.90. The van der Waals surface area contributed by atoms with Gasteiger partial charge in [-0.15, -0.1) is 0 Å². The summed E-state index contributed by atoms with van der Waals surface area (Å²) in [7, 11) is 0. The van der Waals surface area contributed by atoms with Crippen LogP contribution in [0.3, 0.4) is 0 Å². The van der Waals surface area contributed by atoms with Gasteiger partial charge >= 0.3 is 0 Å². The number of ether oxygens (including phenoxy) is 1. The van der Waals surface area contributed by atoms with E-state index in [1.165, 1.54) is 5.56 Å². The molecule has 0 bridgehead atoms. The molecule has 2 rings (SSSR count). The van der Waals surface area contributed by atoms with E-state index >= 15 is 0 Å². The van der Waals surface area contributed by atoms with Crippen molar-refractivity contribution in [3.63, 3.8) is 0 Å². The van der Waals surface area contributed by atoms with E-state index in [1.807, 2.05) is 42.5 Å². The molecule has 17 heavy (non-hydrogen) atoms. The van der Waals surface area contributed by atoms with E-state index in [1.54, 1.807) is 0 Å². The fourth-order valence-electron chi connectivity index (χ4n) is 1.71. The van der Waals surface area contributed by atoms with Gasteiger partial charge in [-0.05, 0) is 24.1 Å². The van der Waals surface area contributed by atoms with Gasteiger partial charge in [-0.25, -0.2) is 0 Å². The van der Waals surface area contributed by atoms with Crippen LogP contribution in [0.5, 0.6) is 5.75 Å². The number of halogens is 1. The Balaban J connectivity index is 2.10. The Morgan fingerprint density at radius 2 is 1.59 bits per heavy atom. The van der Waals surface area contributed by atoms with Crippen molar-refractivity contribution in [2.24, 2.45) is 0 Å². The van der Waals surface area contributed by atoms with Crippen molar-refractivity contribution in [3.8, 4) is 5.75 Å². The van der Waals surface area contributed by atoms with Gasteiger partial charge in [0.2, 0.25) is 0 Å². The first kappa shape index (κ1) is 12.0. The van der Waals surface area contributed by atoms with Crippen LogP contribution in [-0.4, -0.2) is 0 Å². The molecule has 0 N–H and O–H groups in total. The highest BCUT2D eigenvalue weighted by Crippen LogP contribution is 2.22. The van der Waals surface area contributed by atoms with Crippen LogP contribution < -0.4 is 4.74 Å². The number of hydrogen-bond acceptors (Lipinski definition) is 1. The molecule has 88 valence electrons. The lowest BCUT2D eigenvalue weighted by Gasteiger charge is -2.10. The monoisotopic (exact) mass is 246 g/mol. The van der Waals surface area contributed by atoms with Crippen molar-refractivity contribution in [1.29, 1.82) is 0 Å². The van der Waals surface area contributed by atoms with E-state index in [0.29, 0.717) is 6.61 Å². The van der Waals surface area contributed by atoms with Crippen molar-refractivity contribution < 1.29 is 4.74 Å². The van der Waals surface area contributed by atoms with Crippen LogP contribution in [0, 0.1) is 0 Å². The molecule has 2 heteroatoms. The lowest BCUT2D eigenvalue weighted by molar-refractivity contribution is 0.303. The highest BCUT2D eigenvalue weighted by molar-refractivity contribution is 6.31. The second-order valence-electron chi connectivity index (χ2n) is 3.84. The molecule has 0 amide bonds. The molecule has 0 aliphatic heterocycles. The predicted octanol–water partition coefficient (Wildman–Crippen LogP) is 4.48. The van der Waals surface area contributed by atoms with E-state index in [0.717, 1.165) is 22.8 Å². The topological polar surface area (TPSA) is 9.23 Å². The summed E-state index contributed by atoms with van der Waals surface area (Å²) in [6.07, 6.45) is 0.971. The predicted molar refractivity (Wildman–Crippen MR) is 71.6 cm³/mol. The SMILES string of the molecule is CCc1ccccc1OCc1ccccc1Cl. The summed E-state index contributed by atoms with van der Waals surface area (Å²) in [5, 5.41) is 0.751. The lowest BCUT2D eigenvalue weighted by atomic mass is 10.1. The van der Waals surface area contributed by atoms with Crippen LogP contribution in [0.15, 0.2) is 48.5 Å². The fraction of sp³-hybridized carbons (Fsp3) is 0.200. The van der Waals surface area contributed by atoms with E-state index in [2.05, 4.69) is 13.0 Å². The Labute approximate surface area is 107 Å². The maximum Gasteiger partial charge on any atom is 0.122 e. The number of hydrogen-bond donors (Lipinski definition) is 0. The molecule has 0 unspecified atom stereocenters. The average molecular weight is 247 g/mol. The maximum atomic E-state index is 6.08. The van der Waals surface area contributed by atoms with Crippen LogP contribution in [0.2, 0.25) is 5.02 Å². The largest absolute Gasteiger partial charge is 0.489 e. The summed E-state index contributed by atoms with van der Waals surface area (Å²) in [5.74, 6) is 0.940. The first-order valence-electron chi connectivity index (χ1n) is 5.75.